The molecule has 0 amide bonds. The molecule has 0 unspecified atom stereocenters. The maximum absolute atomic E-state index is 6.42. The Morgan fingerprint density at radius 2 is 1.51 bits per heavy atom. The number of nitrogens with zero attached hydrogens (tertiary/aromatic N) is 2. The number of anilines is 1. The molecule has 2 aromatic heterocycles. The fourth-order valence-electron chi connectivity index (χ4n) is 4.96. The third kappa shape index (κ3) is 4.50. The van der Waals surface area contributed by atoms with Gasteiger partial charge < -0.3 is 23.9 Å². The van der Waals surface area contributed by atoms with E-state index < -0.39 is 0 Å². The number of furan rings is 1. The minimum Gasteiger partial charge on any atom is -0.493 e. The third-order valence-electron chi connectivity index (χ3n) is 6.67. The predicted octanol–water partition coefficient (Wildman–Crippen LogP) is 6.72. The van der Waals surface area contributed by atoms with E-state index in [1.54, 1.807) is 27.7 Å². The Kier molecular flexibility index (Phi) is 6.75. The molecule has 1 fully saturated rings. The van der Waals surface area contributed by atoms with E-state index >= 15 is 0 Å². The largest absolute Gasteiger partial charge is 0.493 e. The lowest BCUT2D eigenvalue weighted by Crippen LogP contribution is -2.19. The van der Waals surface area contributed by atoms with Crippen molar-refractivity contribution in [1.29, 1.82) is 0 Å². The van der Waals surface area contributed by atoms with Crippen LogP contribution in [0.3, 0.4) is 0 Å². The van der Waals surface area contributed by atoms with E-state index in [4.69, 9.17) is 18.6 Å². The van der Waals surface area contributed by atoms with Crippen molar-refractivity contribution in [3.63, 3.8) is 0 Å². The van der Waals surface area contributed by atoms with Gasteiger partial charge in [-0.15, -0.1) is 0 Å². The van der Waals surface area contributed by atoms with Gasteiger partial charge in [0.25, 0.3) is 0 Å². The lowest BCUT2D eigenvalue weighted by molar-refractivity contribution is 0.324. The van der Waals surface area contributed by atoms with Crippen LogP contribution in [0.1, 0.15) is 38.5 Å². The molecule has 1 saturated carbocycles. The van der Waals surface area contributed by atoms with Gasteiger partial charge >= 0.3 is 0 Å². The molecule has 0 atom stereocenters. The minimum absolute atomic E-state index is 0.388. The molecule has 7 nitrogen and oxygen atoms in total. The van der Waals surface area contributed by atoms with Gasteiger partial charge in [0.15, 0.2) is 11.5 Å². The summed E-state index contributed by atoms with van der Waals surface area (Å²) in [5.41, 5.74) is 3.30. The molecular formula is C28H31N3O4. The number of hydrogen-bond acceptors (Lipinski definition) is 7. The van der Waals surface area contributed by atoms with Crippen molar-refractivity contribution in [2.24, 2.45) is 0 Å². The van der Waals surface area contributed by atoms with E-state index in [9.17, 15) is 0 Å². The van der Waals surface area contributed by atoms with Crippen LogP contribution in [0.25, 0.3) is 33.6 Å². The van der Waals surface area contributed by atoms with Crippen LogP contribution in [0.2, 0.25) is 0 Å². The van der Waals surface area contributed by atoms with Gasteiger partial charge in [-0.25, -0.2) is 9.97 Å². The van der Waals surface area contributed by atoms with E-state index in [0.717, 1.165) is 40.7 Å². The van der Waals surface area contributed by atoms with E-state index in [1.807, 2.05) is 30.3 Å². The van der Waals surface area contributed by atoms with Crippen LogP contribution >= 0.6 is 0 Å². The summed E-state index contributed by atoms with van der Waals surface area (Å²) in [5.74, 6) is 3.14. The van der Waals surface area contributed by atoms with E-state index in [2.05, 4.69) is 27.4 Å². The van der Waals surface area contributed by atoms with Crippen molar-refractivity contribution in [2.45, 2.75) is 44.6 Å². The van der Waals surface area contributed by atoms with Crippen LogP contribution < -0.4 is 19.5 Å². The first-order chi connectivity index (χ1) is 17.2. The molecule has 35 heavy (non-hydrogen) atoms. The standard InChI is InChI=1S/C28H31N3O4/c1-32-21-15-19(16-22(33-2)26(21)34-3)25-23(18-11-7-6-8-12-18)24-27(29-17-30-28(24)35-25)31-20-13-9-4-5-10-14-20/h6-8,11-12,15-17,20H,4-5,9-10,13-14H2,1-3H3,(H,29,30,31). The fraction of sp³-hybridized carbons (Fsp3) is 0.357. The molecule has 4 aromatic rings. The Morgan fingerprint density at radius 3 is 2.14 bits per heavy atom. The molecule has 0 saturated heterocycles. The molecule has 0 spiro atoms. The zero-order valence-corrected chi connectivity index (χ0v) is 20.5. The summed E-state index contributed by atoms with van der Waals surface area (Å²) in [5, 5.41) is 4.60. The highest BCUT2D eigenvalue weighted by Crippen LogP contribution is 2.47. The highest BCUT2D eigenvalue weighted by molar-refractivity contribution is 6.06. The average Bonchev–Trinajstić information content (AvgIpc) is 3.12. The molecular weight excluding hydrogens is 442 g/mol. The maximum atomic E-state index is 6.42. The summed E-state index contributed by atoms with van der Waals surface area (Å²) >= 11 is 0. The number of nitrogens with one attached hydrogen (secondary N) is 1. The molecule has 1 N–H and O–H groups in total. The van der Waals surface area contributed by atoms with Gasteiger partial charge in [-0.2, -0.15) is 0 Å². The van der Waals surface area contributed by atoms with Crippen LogP contribution in [0, 0.1) is 0 Å². The van der Waals surface area contributed by atoms with Gasteiger partial charge in [0, 0.05) is 17.2 Å². The summed E-state index contributed by atoms with van der Waals surface area (Å²) in [4.78, 5) is 9.17. The molecule has 2 aromatic carbocycles. The minimum atomic E-state index is 0.388. The van der Waals surface area contributed by atoms with Crippen LogP contribution in [0.5, 0.6) is 17.2 Å². The highest BCUT2D eigenvalue weighted by Gasteiger charge is 2.25. The monoisotopic (exact) mass is 473 g/mol. The van der Waals surface area contributed by atoms with Crippen molar-refractivity contribution < 1.29 is 18.6 Å². The molecule has 1 aliphatic carbocycles. The van der Waals surface area contributed by atoms with Crippen molar-refractivity contribution in [2.75, 3.05) is 26.6 Å². The van der Waals surface area contributed by atoms with Gasteiger partial charge in [-0.1, -0.05) is 56.0 Å². The quantitative estimate of drug-likeness (QED) is 0.299. The van der Waals surface area contributed by atoms with Gasteiger partial charge in [0.1, 0.15) is 17.9 Å². The molecule has 0 radical (unpaired) electrons. The van der Waals surface area contributed by atoms with E-state index in [0.29, 0.717) is 34.8 Å². The first-order valence-electron chi connectivity index (χ1n) is 12.1. The first-order valence-corrected chi connectivity index (χ1v) is 12.1. The first kappa shape index (κ1) is 23.0. The van der Waals surface area contributed by atoms with Gasteiger partial charge in [0.05, 0.1) is 26.7 Å². The van der Waals surface area contributed by atoms with Crippen molar-refractivity contribution in [1.82, 2.24) is 9.97 Å². The number of benzene rings is 2. The molecule has 0 bridgehead atoms. The van der Waals surface area contributed by atoms with Crippen LogP contribution in [-0.2, 0) is 0 Å². The number of fused-ring (bicyclic) bond motifs is 1. The molecule has 7 heteroatoms. The van der Waals surface area contributed by atoms with Crippen LogP contribution in [0.4, 0.5) is 5.82 Å². The van der Waals surface area contributed by atoms with Crippen LogP contribution in [0.15, 0.2) is 53.2 Å². The Hall–Kier alpha value is -3.74. The Labute approximate surface area is 205 Å². The van der Waals surface area contributed by atoms with Crippen LogP contribution in [-0.4, -0.2) is 37.3 Å². The topological polar surface area (TPSA) is 78.6 Å². The summed E-state index contributed by atoms with van der Waals surface area (Å²) in [6.45, 7) is 0. The van der Waals surface area contributed by atoms with Gasteiger partial charge in [-0.3, -0.25) is 0 Å². The summed E-state index contributed by atoms with van der Waals surface area (Å²) in [6.07, 6.45) is 8.92. The molecule has 182 valence electrons. The van der Waals surface area contributed by atoms with E-state index in [1.165, 1.54) is 25.7 Å². The Morgan fingerprint density at radius 1 is 0.829 bits per heavy atom. The zero-order valence-electron chi connectivity index (χ0n) is 20.5. The Balaban J connectivity index is 1.72. The number of aromatic nitrogens is 2. The molecule has 1 aliphatic rings. The smallest absolute Gasteiger partial charge is 0.232 e. The second kappa shape index (κ2) is 10.3. The number of hydrogen-bond donors (Lipinski definition) is 1. The number of methoxy groups -OCH3 is 3. The maximum Gasteiger partial charge on any atom is 0.232 e. The molecule has 2 heterocycles. The lowest BCUT2D eigenvalue weighted by atomic mass is 9.98. The molecule has 5 rings (SSSR count). The number of ether oxygens (including phenoxy) is 3. The normalized spacial score (nSPS) is 14.5. The molecule has 0 aliphatic heterocycles. The third-order valence-corrected chi connectivity index (χ3v) is 6.67. The van der Waals surface area contributed by atoms with Crippen molar-refractivity contribution >= 4 is 16.9 Å². The summed E-state index contributed by atoms with van der Waals surface area (Å²) in [7, 11) is 4.81. The lowest BCUT2D eigenvalue weighted by Gasteiger charge is -2.17. The van der Waals surface area contributed by atoms with Crippen molar-refractivity contribution in [3.05, 3.63) is 48.8 Å². The predicted molar refractivity (Wildman–Crippen MR) is 137 cm³/mol. The Bertz CT molecular complexity index is 1270. The van der Waals surface area contributed by atoms with Gasteiger partial charge in [0.2, 0.25) is 11.5 Å². The SMILES string of the molecule is COc1cc(-c2oc3ncnc(NC4CCCCCC4)c3c2-c2ccccc2)cc(OC)c1OC. The highest BCUT2D eigenvalue weighted by atomic mass is 16.5. The fourth-order valence-corrected chi connectivity index (χ4v) is 4.96. The second-order valence-corrected chi connectivity index (χ2v) is 8.82. The van der Waals surface area contributed by atoms with Gasteiger partial charge in [-0.05, 0) is 30.5 Å². The second-order valence-electron chi connectivity index (χ2n) is 8.82. The zero-order chi connectivity index (χ0) is 24.2. The summed E-state index contributed by atoms with van der Waals surface area (Å²) < 4.78 is 23.2. The summed E-state index contributed by atoms with van der Waals surface area (Å²) in [6, 6.07) is 14.4. The number of rotatable bonds is 7. The average molecular weight is 474 g/mol. The van der Waals surface area contributed by atoms with E-state index in [-0.39, 0.29) is 0 Å². The van der Waals surface area contributed by atoms with Crippen molar-refractivity contribution in [3.8, 4) is 39.7 Å².